The van der Waals surface area contributed by atoms with E-state index >= 15 is 0 Å². The maximum absolute atomic E-state index is 5.64. The van der Waals surface area contributed by atoms with Gasteiger partial charge in [-0.1, -0.05) is 32.1 Å². The smallest absolute Gasteiger partial charge is 0.00868 e. The molecule has 1 atom stereocenters. The summed E-state index contributed by atoms with van der Waals surface area (Å²) in [6, 6.07) is 0. The molecule has 2 heteroatoms. The zero-order valence-corrected chi connectivity index (χ0v) is 8.97. The van der Waals surface area contributed by atoms with Crippen molar-refractivity contribution >= 4 is 10.2 Å². The Morgan fingerprint density at radius 1 is 1.30 bits per heavy atom. The molecule has 0 spiro atoms. The van der Waals surface area contributed by atoms with Crippen LogP contribution in [0.5, 0.6) is 0 Å². The first kappa shape index (κ1) is 8.28. The fourth-order valence-electron chi connectivity index (χ4n) is 1.90. The molecule has 0 aromatic rings. The average Bonchev–Trinajstić information content (AvgIpc) is 2.05. The van der Waals surface area contributed by atoms with Gasteiger partial charge in [0.25, 0.3) is 0 Å². The van der Waals surface area contributed by atoms with Gasteiger partial charge in [-0.3, -0.25) is 0 Å². The van der Waals surface area contributed by atoms with Crippen molar-refractivity contribution in [1.29, 1.82) is 0 Å². The number of nitrogens with two attached hydrogens (primary N) is 1. The highest BCUT2D eigenvalue weighted by Crippen LogP contribution is 2.30. The number of rotatable bonds is 2. The van der Waals surface area contributed by atoms with E-state index in [0.717, 1.165) is 18.0 Å². The Labute approximate surface area is 66.8 Å². The Kier molecular flexibility index (Phi) is 3.42. The summed E-state index contributed by atoms with van der Waals surface area (Å²) in [6.45, 7) is 0.941. The van der Waals surface area contributed by atoms with Gasteiger partial charge in [0, 0.05) is 10.2 Å². The Balaban J connectivity index is 2.24. The molecule has 1 nitrogen and oxygen atoms in total. The van der Waals surface area contributed by atoms with Crippen LogP contribution in [-0.2, 0) is 0 Å². The maximum Gasteiger partial charge on any atom is 0.00868 e. The quantitative estimate of drug-likeness (QED) is 0.586. The molecular weight excluding hydrogens is 138 g/mol. The molecule has 1 aliphatic rings. The van der Waals surface area contributed by atoms with Gasteiger partial charge in [0.15, 0.2) is 0 Å². The molecule has 0 saturated heterocycles. The fraction of sp³-hybridized carbons (Fsp3) is 1.00. The van der Waals surface area contributed by atoms with E-state index in [9.17, 15) is 0 Å². The average molecular weight is 157 g/mol. The first-order chi connectivity index (χ1) is 4.84. The van der Waals surface area contributed by atoms with E-state index in [1.807, 2.05) is 0 Å². The third kappa shape index (κ3) is 2.10. The lowest BCUT2D eigenvalue weighted by Crippen LogP contribution is -2.20. The summed E-state index contributed by atoms with van der Waals surface area (Å²) in [6.07, 6.45) is 7.32. The highest BCUT2D eigenvalue weighted by atomic mass is 28.1. The van der Waals surface area contributed by atoms with Crippen LogP contribution in [0.25, 0.3) is 0 Å². The van der Waals surface area contributed by atoms with Gasteiger partial charge in [-0.25, -0.2) is 0 Å². The van der Waals surface area contributed by atoms with Crippen molar-refractivity contribution in [2.24, 2.45) is 11.7 Å². The van der Waals surface area contributed by atoms with Crippen molar-refractivity contribution in [1.82, 2.24) is 0 Å². The second-order valence-corrected chi connectivity index (χ2v) is 5.09. The van der Waals surface area contributed by atoms with Crippen LogP contribution in [0.2, 0.25) is 5.54 Å². The molecule has 0 radical (unpaired) electrons. The summed E-state index contributed by atoms with van der Waals surface area (Å²) in [4.78, 5) is 0. The van der Waals surface area contributed by atoms with Gasteiger partial charge in [-0.15, -0.1) is 0 Å². The molecule has 1 aliphatic carbocycles. The van der Waals surface area contributed by atoms with E-state index in [2.05, 4.69) is 0 Å². The van der Waals surface area contributed by atoms with Gasteiger partial charge in [0.05, 0.1) is 0 Å². The van der Waals surface area contributed by atoms with Crippen LogP contribution in [0.1, 0.15) is 32.1 Å². The summed E-state index contributed by atoms with van der Waals surface area (Å²) in [5, 5.41) is 0. The van der Waals surface area contributed by atoms with Crippen molar-refractivity contribution in [3.63, 3.8) is 0 Å². The molecule has 0 aliphatic heterocycles. The van der Waals surface area contributed by atoms with Crippen molar-refractivity contribution in [2.75, 3.05) is 6.54 Å². The van der Waals surface area contributed by atoms with E-state index in [1.165, 1.54) is 42.3 Å². The molecule has 2 N–H and O–H groups in total. The van der Waals surface area contributed by atoms with Crippen molar-refractivity contribution in [3.05, 3.63) is 0 Å². The third-order valence-electron chi connectivity index (χ3n) is 2.83. The maximum atomic E-state index is 5.64. The summed E-state index contributed by atoms with van der Waals surface area (Å²) < 4.78 is 0. The normalized spacial score (nSPS) is 24.9. The molecule has 1 fully saturated rings. The van der Waals surface area contributed by atoms with Crippen LogP contribution >= 0.6 is 0 Å². The Hall–Kier alpha value is 0.177. The molecule has 0 bridgehead atoms. The molecule has 0 amide bonds. The predicted molar refractivity (Wildman–Crippen MR) is 49.3 cm³/mol. The van der Waals surface area contributed by atoms with Gasteiger partial charge in [0.1, 0.15) is 0 Å². The van der Waals surface area contributed by atoms with Crippen LogP contribution in [0, 0.1) is 5.92 Å². The van der Waals surface area contributed by atoms with Gasteiger partial charge >= 0.3 is 0 Å². The predicted octanol–water partition coefficient (Wildman–Crippen LogP) is 0.679. The first-order valence-corrected chi connectivity index (χ1v) is 5.70. The Morgan fingerprint density at radius 2 is 1.90 bits per heavy atom. The molecule has 0 aromatic heterocycles. The van der Waals surface area contributed by atoms with Gasteiger partial charge in [0.2, 0.25) is 0 Å². The monoisotopic (exact) mass is 157 g/mol. The van der Waals surface area contributed by atoms with Crippen LogP contribution in [0.3, 0.4) is 0 Å². The highest BCUT2D eigenvalue weighted by molar-refractivity contribution is 6.12. The Bertz CT molecular complexity index is 89.3. The second kappa shape index (κ2) is 4.14. The minimum Gasteiger partial charge on any atom is -0.331 e. The number of hydrogen-bond acceptors (Lipinski definition) is 1. The second-order valence-electron chi connectivity index (χ2n) is 3.61. The van der Waals surface area contributed by atoms with Gasteiger partial charge < -0.3 is 5.73 Å². The lowest BCUT2D eigenvalue weighted by Gasteiger charge is -2.26. The molecule has 1 unspecified atom stereocenters. The van der Waals surface area contributed by atoms with E-state index in [4.69, 9.17) is 5.73 Å². The van der Waals surface area contributed by atoms with Gasteiger partial charge in [-0.2, -0.15) is 0 Å². The van der Waals surface area contributed by atoms with Crippen LogP contribution in [-0.4, -0.2) is 16.8 Å². The highest BCUT2D eigenvalue weighted by Gasteiger charge is 2.18. The summed E-state index contributed by atoms with van der Waals surface area (Å²) in [5.41, 5.74) is 6.54. The Morgan fingerprint density at radius 3 is 2.40 bits per heavy atom. The first-order valence-electron chi connectivity index (χ1n) is 4.54. The molecule has 1 saturated carbocycles. The van der Waals surface area contributed by atoms with E-state index in [1.54, 1.807) is 0 Å². The fourth-order valence-corrected chi connectivity index (χ4v) is 2.56. The molecule has 1 rings (SSSR count). The lowest BCUT2D eigenvalue weighted by atomic mass is 9.86. The van der Waals surface area contributed by atoms with Crippen LogP contribution in [0.4, 0.5) is 0 Å². The number of hydrogen-bond donors (Lipinski definition) is 1. The molecule has 10 heavy (non-hydrogen) atoms. The molecule has 0 heterocycles. The third-order valence-corrected chi connectivity index (χ3v) is 4.24. The zero-order chi connectivity index (χ0) is 7.40. The van der Waals surface area contributed by atoms with Crippen LogP contribution in [0.15, 0.2) is 0 Å². The summed E-state index contributed by atoms with van der Waals surface area (Å²) >= 11 is 0. The lowest BCUT2D eigenvalue weighted by molar-refractivity contribution is 0.343. The molecular formula is C8H19NSi. The van der Waals surface area contributed by atoms with Crippen molar-refractivity contribution in [3.8, 4) is 0 Å². The standard InChI is InChI=1S/C8H19NSi/c9-6-8(10)7-4-2-1-3-5-7/h7-8H,1-6,9H2,10H3. The van der Waals surface area contributed by atoms with Crippen molar-refractivity contribution in [2.45, 2.75) is 37.6 Å². The van der Waals surface area contributed by atoms with Gasteiger partial charge in [-0.05, 0) is 18.0 Å². The molecule has 0 aromatic carbocycles. The van der Waals surface area contributed by atoms with Crippen LogP contribution < -0.4 is 5.73 Å². The minimum absolute atomic E-state index is 0.903. The zero-order valence-electron chi connectivity index (χ0n) is 6.97. The largest absolute Gasteiger partial charge is 0.331 e. The van der Waals surface area contributed by atoms with E-state index in [-0.39, 0.29) is 0 Å². The minimum atomic E-state index is 0.903. The van der Waals surface area contributed by atoms with E-state index < -0.39 is 0 Å². The molecule has 60 valence electrons. The van der Waals surface area contributed by atoms with E-state index in [0.29, 0.717) is 0 Å². The SMILES string of the molecule is NCC([SiH3])C1CCCCC1. The summed E-state index contributed by atoms with van der Waals surface area (Å²) in [5.74, 6) is 1.01. The topological polar surface area (TPSA) is 26.0 Å². The summed E-state index contributed by atoms with van der Waals surface area (Å²) in [7, 11) is 1.31. The van der Waals surface area contributed by atoms with Crippen molar-refractivity contribution < 1.29 is 0 Å².